The molecule has 2 aromatic rings. The molecule has 106 valence electrons. The van der Waals surface area contributed by atoms with Gasteiger partial charge in [0, 0.05) is 26.0 Å². The fourth-order valence-electron chi connectivity index (χ4n) is 2.09. The van der Waals surface area contributed by atoms with E-state index in [1.54, 1.807) is 19.4 Å². The van der Waals surface area contributed by atoms with Crippen LogP contribution in [0.3, 0.4) is 0 Å². The normalized spacial score (nSPS) is 10.6. The van der Waals surface area contributed by atoms with Crippen LogP contribution in [-0.4, -0.2) is 20.7 Å². The van der Waals surface area contributed by atoms with Crippen LogP contribution in [0.4, 0.5) is 5.69 Å². The Morgan fingerprint density at radius 1 is 1.50 bits per heavy atom. The summed E-state index contributed by atoms with van der Waals surface area (Å²) >= 11 is 0. The number of anilines is 1. The highest BCUT2D eigenvalue weighted by Gasteiger charge is 2.18. The fourth-order valence-corrected chi connectivity index (χ4v) is 2.09. The fraction of sp³-hybridized carbons (Fsp3) is 0.357. The van der Waals surface area contributed by atoms with E-state index in [0.717, 1.165) is 16.8 Å². The minimum absolute atomic E-state index is 0.214. The van der Waals surface area contributed by atoms with Crippen LogP contribution in [0.15, 0.2) is 18.5 Å². The van der Waals surface area contributed by atoms with Crippen molar-refractivity contribution in [3.8, 4) is 0 Å². The summed E-state index contributed by atoms with van der Waals surface area (Å²) in [6.45, 7) is 4.36. The van der Waals surface area contributed by atoms with E-state index in [1.165, 1.54) is 4.68 Å². The number of carbonyl (C=O) groups excluding carboxylic acids is 1. The number of carbonyl (C=O) groups is 1. The molecule has 6 nitrogen and oxygen atoms in total. The van der Waals surface area contributed by atoms with Crippen molar-refractivity contribution in [3.63, 3.8) is 0 Å². The van der Waals surface area contributed by atoms with Crippen molar-refractivity contribution in [2.45, 2.75) is 26.8 Å². The Hall–Kier alpha value is -2.37. The molecule has 0 aromatic carbocycles. The second kappa shape index (κ2) is 5.73. The molecule has 0 spiro atoms. The second-order valence-corrected chi connectivity index (χ2v) is 4.67. The number of nitrogens with zero attached hydrogens (tertiary/aromatic N) is 3. The standard InChI is InChI=1S/C14H19N5O/c1-4-11-12(15)13(19(3)18-11)14(20)17-8-10-5-6-16-7-9(10)2/h5-7H,4,8,15H2,1-3H3,(H,17,20). The van der Waals surface area contributed by atoms with Crippen molar-refractivity contribution in [2.75, 3.05) is 5.73 Å². The van der Waals surface area contributed by atoms with Crippen molar-refractivity contribution in [1.82, 2.24) is 20.1 Å². The number of rotatable bonds is 4. The van der Waals surface area contributed by atoms with Crippen molar-refractivity contribution in [1.29, 1.82) is 0 Å². The molecule has 0 aliphatic carbocycles. The monoisotopic (exact) mass is 273 g/mol. The molecule has 2 aromatic heterocycles. The zero-order chi connectivity index (χ0) is 14.7. The van der Waals surface area contributed by atoms with Crippen molar-refractivity contribution in [3.05, 3.63) is 41.0 Å². The van der Waals surface area contributed by atoms with Gasteiger partial charge in [-0.3, -0.25) is 14.5 Å². The Balaban J connectivity index is 2.13. The van der Waals surface area contributed by atoms with Crippen LogP contribution >= 0.6 is 0 Å². The van der Waals surface area contributed by atoms with Gasteiger partial charge < -0.3 is 11.1 Å². The van der Waals surface area contributed by atoms with Gasteiger partial charge in [-0.2, -0.15) is 5.10 Å². The summed E-state index contributed by atoms with van der Waals surface area (Å²) in [6, 6.07) is 1.89. The zero-order valence-corrected chi connectivity index (χ0v) is 12.0. The topological polar surface area (TPSA) is 85.8 Å². The summed E-state index contributed by atoms with van der Waals surface area (Å²) in [7, 11) is 1.72. The number of nitrogens with one attached hydrogen (secondary N) is 1. The predicted octanol–water partition coefficient (Wildman–Crippen LogP) is 1.20. The molecule has 20 heavy (non-hydrogen) atoms. The molecule has 0 saturated carbocycles. The molecule has 0 aliphatic rings. The average molecular weight is 273 g/mol. The second-order valence-electron chi connectivity index (χ2n) is 4.67. The van der Waals surface area contributed by atoms with Gasteiger partial charge in [0.2, 0.25) is 0 Å². The zero-order valence-electron chi connectivity index (χ0n) is 12.0. The van der Waals surface area contributed by atoms with Gasteiger partial charge in [-0.1, -0.05) is 6.92 Å². The molecule has 0 saturated heterocycles. The SMILES string of the molecule is CCc1nn(C)c(C(=O)NCc2ccncc2C)c1N. The lowest BCUT2D eigenvalue weighted by molar-refractivity contribution is 0.0942. The van der Waals surface area contributed by atoms with E-state index in [9.17, 15) is 4.79 Å². The number of nitrogens with two attached hydrogens (primary N) is 1. The molecule has 2 rings (SSSR count). The molecule has 0 aliphatic heterocycles. The summed E-state index contributed by atoms with van der Waals surface area (Å²) in [6.07, 6.45) is 4.19. The maximum absolute atomic E-state index is 12.2. The summed E-state index contributed by atoms with van der Waals surface area (Å²) in [5.74, 6) is -0.214. The Morgan fingerprint density at radius 2 is 2.25 bits per heavy atom. The molecule has 2 heterocycles. The summed E-state index contributed by atoms with van der Waals surface area (Å²) < 4.78 is 1.53. The number of aryl methyl sites for hydroxylation is 3. The van der Waals surface area contributed by atoms with Crippen molar-refractivity contribution in [2.24, 2.45) is 7.05 Å². The third-order valence-corrected chi connectivity index (χ3v) is 3.29. The van der Waals surface area contributed by atoms with E-state index in [-0.39, 0.29) is 5.91 Å². The Kier molecular flexibility index (Phi) is 4.02. The third kappa shape index (κ3) is 2.64. The van der Waals surface area contributed by atoms with Gasteiger partial charge in [-0.15, -0.1) is 0 Å². The Morgan fingerprint density at radius 3 is 2.85 bits per heavy atom. The summed E-state index contributed by atoms with van der Waals surface area (Å²) in [4.78, 5) is 16.3. The Bertz CT molecular complexity index is 632. The maximum atomic E-state index is 12.2. The van der Waals surface area contributed by atoms with E-state index >= 15 is 0 Å². The molecule has 0 bridgehead atoms. The molecular weight excluding hydrogens is 254 g/mol. The van der Waals surface area contributed by atoms with Gasteiger partial charge in [0.15, 0.2) is 0 Å². The molecule has 0 fully saturated rings. The molecular formula is C14H19N5O. The Labute approximate surface area is 118 Å². The predicted molar refractivity (Wildman–Crippen MR) is 77.1 cm³/mol. The van der Waals surface area contributed by atoms with Gasteiger partial charge in [0.05, 0.1) is 11.4 Å². The first-order valence-corrected chi connectivity index (χ1v) is 6.53. The largest absolute Gasteiger partial charge is 0.395 e. The van der Waals surface area contributed by atoms with E-state index in [2.05, 4.69) is 15.4 Å². The summed E-state index contributed by atoms with van der Waals surface area (Å²) in [5, 5.41) is 7.11. The number of amides is 1. The average Bonchev–Trinajstić information content (AvgIpc) is 2.72. The van der Waals surface area contributed by atoms with Crippen molar-refractivity contribution < 1.29 is 4.79 Å². The number of hydrogen-bond acceptors (Lipinski definition) is 4. The highest BCUT2D eigenvalue weighted by atomic mass is 16.2. The van der Waals surface area contributed by atoms with Gasteiger partial charge in [0.25, 0.3) is 5.91 Å². The molecule has 0 radical (unpaired) electrons. The van der Waals surface area contributed by atoms with Crippen LogP contribution in [0.5, 0.6) is 0 Å². The number of pyridine rings is 1. The number of aromatic nitrogens is 3. The lowest BCUT2D eigenvalue weighted by atomic mass is 10.1. The molecule has 6 heteroatoms. The van der Waals surface area contributed by atoms with Crippen LogP contribution in [0.25, 0.3) is 0 Å². The van der Waals surface area contributed by atoms with E-state index in [1.807, 2.05) is 19.9 Å². The minimum atomic E-state index is -0.214. The van der Waals surface area contributed by atoms with Crippen LogP contribution in [-0.2, 0) is 20.0 Å². The van der Waals surface area contributed by atoms with Crippen LogP contribution < -0.4 is 11.1 Å². The molecule has 1 amide bonds. The smallest absolute Gasteiger partial charge is 0.271 e. The molecule has 0 unspecified atom stereocenters. The first-order valence-electron chi connectivity index (χ1n) is 6.53. The van der Waals surface area contributed by atoms with Gasteiger partial charge >= 0.3 is 0 Å². The quantitative estimate of drug-likeness (QED) is 0.876. The van der Waals surface area contributed by atoms with E-state index in [0.29, 0.717) is 24.3 Å². The van der Waals surface area contributed by atoms with Gasteiger partial charge in [-0.25, -0.2) is 0 Å². The number of hydrogen-bond donors (Lipinski definition) is 2. The van der Waals surface area contributed by atoms with E-state index in [4.69, 9.17) is 5.73 Å². The van der Waals surface area contributed by atoms with Crippen LogP contribution in [0.2, 0.25) is 0 Å². The lowest BCUT2D eigenvalue weighted by Crippen LogP contribution is -2.26. The van der Waals surface area contributed by atoms with Crippen LogP contribution in [0, 0.1) is 6.92 Å². The molecule has 0 atom stereocenters. The number of nitrogen functional groups attached to an aromatic ring is 1. The highest BCUT2D eigenvalue weighted by Crippen LogP contribution is 2.17. The third-order valence-electron chi connectivity index (χ3n) is 3.29. The van der Waals surface area contributed by atoms with Crippen LogP contribution in [0.1, 0.15) is 34.2 Å². The first kappa shape index (κ1) is 14.0. The highest BCUT2D eigenvalue weighted by molar-refractivity contribution is 5.97. The summed E-state index contributed by atoms with van der Waals surface area (Å²) in [5.41, 5.74) is 9.65. The first-order chi connectivity index (χ1) is 9.54. The molecule has 3 N–H and O–H groups in total. The van der Waals surface area contributed by atoms with Gasteiger partial charge in [-0.05, 0) is 30.5 Å². The van der Waals surface area contributed by atoms with Crippen molar-refractivity contribution >= 4 is 11.6 Å². The van der Waals surface area contributed by atoms with Gasteiger partial charge in [0.1, 0.15) is 5.69 Å². The lowest BCUT2D eigenvalue weighted by Gasteiger charge is -2.08. The van der Waals surface area contributed by atoms with E-state index < -0.39 is 0 Å². The minimum Gasteiger partial charge on any atom is -0.395 e. The maximum Gasteiger partial charge on any atom is 0.271 e.